The van der Waals surface area contributed by atoms with E-state index < -0.39 is 12.1 Å². The van der Waals surface area contributed by atoms with E-state index in [0.717, 1.165) is 38.5 Å². The average Bonchev–Trinajstić information content (AvgIpc) is 3.35. The third kappa shape index (κ3) is 55.8. The number of hydrogen-bond donors (Lipinski definition) is 3. The standard InChI is InChI=1S/C63H123NO5/c1-3-5-7-9-11-13-15-17-19-20-25-28-31-35-39-43-47-51-55-61(66)60(59-65)64-62(67)56-52-48-44-40-36-32-29-26-23-21-22-24-27-30-34-38-42-46-50-54-58-69-63(68)57-53-49-45-41-37-33-18-16-14-12-10-8-6-4-2/h21,23,60-61,65-66H,3-20,22,24-59H2,1-2H3,(H,64,67)/b23-21-. The molecule has 410 valence electrons. The molecule has 0 spiro atoms. The zero-order chi connectivity index (χ0) is 50.0. The third-order valence-corrected chi connectivity index (χ3v) is 14.8. The number of aliphatic hydroxyl groups excluding tert-OH is 2. The lowest BCUT2D eigenvalue weighted by Crippen LogP contribution is -2.45. The van der Waals surface area contributed by atoms with Crippen LogP contribution < -0.4 is 5.32 Å². The highest BCUT2D eigenvalue weighted by molar-refractivity contribution is 5.76. The average molecular weight is 975 g/mol. The molecule has 0 aliphatic rings. The van der Waals surface area contributed by atoms with E-state index in [1.807, 2.05) is 0 Å². The predicted molar refractivity (Wildman–Crippen MR) is 301 cm³/mol. The van der Waals surface area contributed by atoms with Gasteiger partial charge in [-0.3, -0.25) is 9.59 Å². The summed E-state index contributed by atoms with van der Waals surface area (Å²) in [4.78, 5) is 24.6. The Labute approximate surface area is 431 Å². The molecule has 6 heteroatoms. The molecule has 3 N–H and O–H groups in total. The Kier molecular flexibility index (Phi) is 58.0. The number of ether oxygens (including phenoxy) is 1. The van der Waals surface area contributed by atoms with E-state index in [1.54, 1.807) is 0 Å². The first kappa shape index (κ1) is 67.6. The smallest absolute Gasteiger partial charge is 0.305 e. The van der Waals surface area contributed by atoms with Crippen LogP contribution in [-0.2, 0) is 14.3 Å². The largest absolute Gasteiger partial charge is 0.466 e. The lowest BCUT2D eigenvalue weighted by molar-refractivity contribution is -0.143. The molecule has 0 radical (unpaired) electrons. The molecule has 0 aliphatic heterocycles. The fourth-order valence-corrected chi connectivity index (χ4v) is 9.99. The van der Waals surface area contributed by atoms with Crippen molar-refractivity contribution >= 4 is 11.9 Å². The van der Waals surface area contributed by atoms with Crippen LogP contribution in [0.4, 0.5) is 0 Å². The molecular weight excluding hydrogens is 851 g/mol. The Morgan fingerprint density at radius 3 is 1.03 bits per heavy atom. The second-order valence-electron chi connectivity index (χ2n) is 21.7. The van der Waals surface area contributed by atoms with Crippen molar-refractivity contribution in [3.63, 3.8) is 0 Å². The maximum absolute atomic E-state index is 12.5. The van der Waals surface area contributed by atoms with Gasteiger partial charge in [-0.05, 0) is 51.4 Å². The monoisotopic (exact) mass is 974 g/mol. The van der Waals surface area contributed by atoms with Crippen molar-refractivity contribution in [2.24, 2.45) is 0 Å². The van der Waals surface area contributed by atoms with Crippen molar-refractivity contribution in [1.29, 1.82) is 0 Å². The van der Waals surface area contributed by atoms with Gasteiger partial charge in [0.05, 0.1) is 25.4 Å². The fraction of sp³-hybridized carbons (Fsp3) is 0.937. The van der Waals surface area contributed by atoms with E-state index in [0.29, 0.717) is 25.9 Å². The molecule has 0 aliphatic carbocycles. The number of rotatable bonds is 59. The number of carbonyl (C=O) groups excluding carboxylic acids is 2. The van der Waals surface area contributed by atoms with Gasteiger partial charge in [0.1, 0.15) is 0 Å². The summed E-state index contributed by atoms with van der Waals surface area (Å²) in [6.45, 7) is 4.97. The van der Waals surface area contributed by atoms with E-state index in [4.69, 9.17) is 4.74 Å². The Morgan fingerprint density at radius 2 is 0.681 bits per heavy atom. The van der Waals surface area contributed by atoms with Crippen molar-refractivity contribution in [3.8, 4) is 0 Å². The van der Waals surface area contributed by atoms with Gasteiger partial charge < -0.3 is 20.3 Å². The SMILES string of the molecule is CCCCCCCCCCCCCCCCCCCCC(O)C(CO)NC(=O)CCCCCCCCC/C=C\CCCCCCCCCCCOC(=O)CCCCCCCCCCCCCCCC. The lowest BCUT2D eigenvalue weighted by Gasteiger charge is -2.22. The van der Waals surface area contributed by atoms with Crippen molar-refractivity contribution in [2.45, 2.75) is 366 Å². The molecule has 2 atom stereocenters. The molecule has 0 aromatic carbocycles. The minimum absolute atomic E-state index is 0.00935. The van der Waals surface area contributed by atoms with Crippen LogP contribution in [0.1, 0.15) is 354 Å². The first-order chi connectivity index (χ1) is 34.0. The number of allylic oxidation sites excluding steroid dienone is 2. The highest BCUT2D eigenvalue weighted by atomic mass is 16.5. The van der Waals surface area contributed by atoms with Gasteiger partial charge in [0, 0.05) is 12.8 Å². The second kappa shape index (κ2) is 59.2. The minimum atomic E-state index is -0.669. The topological polar surface area (TPSA) is 95.9 Å². The van der Waals surface area contributed by atoms with Gasteiger partial charge in [-0.1, -0.05) is 302 Å². The quantitative estimate of drug-likeness (QED) is 0.0321. The molecule has 0 aromatic rings. The Morgan fingerprint density at radius 1 is 0.391 bits per heavy atom. The first-order valence-corrected chi connectivity index (χ1v) is 31.4. The predicted octanol–water partition coefficient (Wildman–Crippen LogP) is 19.6. The summed E-state index contributed by atoms with van der Waals surface area (Å²) in [5.41, 5.74) is 0. The van der Waals surface area contributed by atoms with Crippen molar-refractivity contribution in [3.05, 3.63) is 12.2 Å². The van der Waals surface area contributed by atoms with E-state index in [9.17, 15) is 19.8 Å². The van der Waals surface area contributed by atoms with Crippen LogP contribution in [0.5, 0.6) is 0 Å². The normalized spacial score (nSPS) is 12.6. The first-order valence-electron chi connectivity index (χ1n) is 31.4. The summed E-state index contributed by atoms with van der Waals surface area (Å²) < 4.78 is 5.48. The third-order valence-electron chi connectivity index (χ3n) is 14.8. The van der Waals surface area contributed by atoms with Gasteiger partial charge in [0.15, 0.2) is 0 Å². The van der Waals surface area contributed by atoms with Crippen LogP contribution in [-0.4, -0.2) is 47.4 Å². The Bertz CT molecular complexity index is 1030. The molecule has 0 saturated heterocycles. The molecule has 6 nitrogen and oxygen atoms in total. The summed E-state index contributed by atoms with van der Waals surface area (Å²) in [5, 5.41) is 23.3. The van der Waals surface area contributed by atoms with Crippen LogP contribution >= 0.6 is 0 Å². The number of aliphatic hydroxyl groups is 2. The molecule has 0 rings (SSSR count). The maximum Gasteiger partial charge on any atom is 0.305 e. The van der Waals surface area contributed by atoms with E-state index in [2.05, 4.69) is 31.3 Å². The van der Waals surface area contributed by atoms with Gasteiger partial charge in [-0.25, -0.2) is 0 Å². The number of amides is 1. The van der Waals surface area contributed by atoms with Crippen LogP contribution in [0, 0.1) is 0 Å². The summed E-state index contributed by atoms with van der Waals surface area (Å²) in [6.07, 6.45) is 70.7. The van der Waals surface area contributed by atoms with Gasteiger partial charge in [-0.2, -0.15) is 0 Å². The zero-order valence-electron chi connectivity index (χ0n) is 46.8. The van der Waals surface area contributed by atoms with Crippen LogP contribution in [0.25, 0.3) is 0 Å². The fourth-order valence-electron chi connectivity index (χ4n) is 9.99. The maximum atomic E-state index is 12.5. The van der Waals surface area contributed by atoms with Gasteiger partial charge in [0.2, 0.25) is 5.91 Å². The molecule has 0 saturated carbocycles. The van der Waals surface area contributed by atoms with Crippen molar-refractivity contribution in [2.75, 3.05) is 13.2 Å². The Hall–Kier alpha value is -1.40. The van der Waals surface area contributed by atoms with E-state index in [-0.39, 0.29) is 18.5 Å². The molecule has 0 fully saturated rings. The minimum Gasteiger partial charge on any atom is -0.466 e. The van der Waals surface area contributed by atoms with E-state index in [1.165, 1.54) is 283 Å². The van der Waals surface area contributed by atoms with Crippen molar-refractivity contribution in [1.82, 2.24) is 5.32 Å². The number of nitrogens with one attached hydrogen (secondary N) is 1. The highest BCUT2D eigenvalue weighted by Crippen LogP contribution is 2.18. The molecule has 0 aromatic heterocycles. The van der Waals surface area contributed by atoms with Gasteiger partial charge in [0.25, 0.3) is 0 Å². The molecule has 2 unspecified atom stereocenters. The number of unbranched alkanes of at least 4 members (excludes halogenated alkanes) is 46. The summed E-state index contributed by atoms with van der Waals surface area (Å²) >= 11 is 0. The number of carbonyl (C=O) groups is 2. The molecular formula is C63H123NO5. The summed E-state index contributed by atoms with van der Waals surface area (Å²) in [6, 6.07) is -0.547. The lowest BCUT2D eigenvalue weighted by atomic mass is 10.0. The Balaban J connectivity index is 3.42. The summed E-state index contributed by atoms with van der Waals surface area (Å²) in [7, 11) is 0. The van der Waals surface area contributed by atoms with Crippen molar-refractivity contribution < 1.29 is 24.5 Å². The molecule has 0 bridgehead atoms. The highest BCUT2D eigenvalue weighted by Gasteiger charge is 2.20. The molecule has 0 heterocycles. The second-order valence-corrected chi connectivity index (χ2v) is 21.7. The van der Waals surface area contributed by atoms with E-state index >= 15 is 0 Å². The van der Waals surface area contributed by atoms with Crippen LogP contribution in [0.15, 0.2) is 12.2 Å². The molecule has 69 heavy (non-hydrogen) atoms. The molecule has 1 amide bonds. The van der Waals surface area contributed by atoms with Crippen LogP contribution in [0.2, 0.25) is 0 Å². The zero-order valence-corrected chi connectivity index (χ0v) is 46.8. The van der Waals surface area contributed by atoms with Gasteiger partial charge in [-0.15, -0.1) is 0 Å². The van der Waals surface area contributed by atoms with Crippen LogP contribution in [0.3, 0.4) is 0 Å². The van der Waals surface area contributed by atoms with Gasteiger partial charge >= 0.3 is 5.97 Å². The number of hydrogen-bond acceptors (Lipinski definition) is 5. The summed E-state index contributed by atoms with van der Waals surface area (Å²) in [5.74, 6) is -0.0309. The number of esters is 1.